The van der Waals surface area contributed by atoms with Crippen LogP contribution in [0.15, 0.2) is 60.7 Å². The Hall–Kier alpha value is -3.32. The summed E-state index contributed by atoms with van der Waals surface area (Å²) in [4.78, 5) is 27.4. The van der Waals surface area contributed by atoms with Crippen LogP contribution in [0, 0.1) is 0 Å². The molecule has 3 rings (SSSR count). The Morgan fingerprint density at radius 3 is 2.50 bits per heavy atom. The monoisotopic (exact) mass is 380 g/mol. The summed E-state index contributed by atoms with van der Waals surface area (Å²) in [5, 5.41) is 15.4. The lowest BCUT2D eigenvalue weighted by Crippen LogP contribution is -2.58. The van der Waals surface area contributed by atoms with E-state index in [-0.39, 0.29) is 19.0 Å². The first-order valence-electron chi connectivity index (χ1n) is 9.04. The number of fused-ring (bicyclic) bond motifs is 1. The zero-order valence-electron chi connectivity index (χ0n) is 15.6. The van der Waals surface area contributed by atoms with Crippen molar-refractivity contribution in [3.05, 3.63) is 71.9 Å². The van der Waals surface area contributed by atoms with Gasteiger partial charge in [-0.1, -0.05) is 48.5 Å². The van der Waals surface area contributed by atoms with E-state index < -0.39 is 17.5 Å². The van der Waals surface area contributed by atoms with Crippen molar-refractivity contribution in [1.29, 1.82) is 0 Å². The van der Waals surface area contributed by atoms with Crippen LogP contribution in [0.5, 0.6) is 0 Å². The molecule has 0 aliphatic carbocycles. The third-order valence-electron chi connectivity index (χ3n) is 4.72. The molecule has 7 heteroatoms. The van der Waals surface area contributed by atoms with Crippen molar-refractivity contribution in [2.75, 3.05) is 6.54 Å². The van der Waals surface area contributed by atoms with Crippen LogP contribution < -0.4 is 16.4 Å². The van der Waals surface area contributed by atoms with E-state index in [0.29, 0.717) is 0 Å². The molecule has 2 amide bonds. The Bertz CT molecular complexity index is 937. The number of carbonyl (C=O) groups excluding carboxylic acids is 1. The minimum Gasteiger partial charge on any atom is -0.465 e. The molecular weight excluding hydrogens is 356 g/mol. The van der Waals surface area contributed by atoms with Crippen molar-refractivity contribution in [2.24, 2.45) is 5.73 Å². The number of nitrogens with one attached hydrogen (secondary N) is 3. The Kier molecular flexibility index (Phi) is 5.65. The molecule has 0 bridgehead atoms. The van der Waals surface area contributed by atoms with Gasteiger partial charge in [-0.25, -0.2) is 4.79 Å². The number of amides is 2. The van der Waals surface area contributed by atoms with Gasteiger partial charge in [0, 0.05) is 30.2 Å². The number of carboxylic acid groups (broad SMARTS) is 1. The molecule has 3 aromatic rings. The van der Waals surface area contributed by atoms with Crippen molar-refractivity contribution in [3.63, 3.8) is 0 Å². The molecule has 6 N–H and O–H groups in total. The predicted molar refractivity (Wildman–Crippen MR) is 108 cm³/mol. The van der Waals surface area contributed by atoms with Crippen LogP contribution >= 0.6 is 0 Å². The van der Waals surface area contributed by atoms with Crippen LogP contribution in [0.3, 0.4) is 0 Å². The van der Waals surface area contributed by atoms with Gasteiger partial charge in [-0.05, 0) is 30.0 Å². The molecule has 0 aliphatic rings. The van der Waals surface area contributed by atoms with Gasteiger partial charge in [0.15, 0.2) is 0 Å². The van der Waals surface area contributed by atoms with Gasteiger partial charge >= 0.3 is 6.09 Å². The van der Waals surface area contributed by atoms with Crippen LogP contribution in [-0.2, 0) is 11.2 Å². The quantitative estimate of drug-likeness (QED) is 0.432. The predicted octanol–water partition coefficient (Wildman–Crippen LogP) is 2.55. The normalized spacial score (nSPS) is 14.2. The molecule has 0 spiro atoms. The van der Waals surface area contributed by atoms with Crippen LogP contribution in [0.25, 0.3) is 10.9 Å². The molecule has 0 fully saturated rings. The summed E-state index contributed by atoms with van der Waals surface area (Å²) in [6.45, 7) is 1.77. The molecule has 0 saturated carbocycles. The number of hydrogen-bond acceptors (Lipinski definition) is 3. The van der Waals surface area contributed by atoms with Gasteiger partial charge in [-0.2, -0.15) is 0 Å². The molecular formula is C21H24N4O3. The Labute approximate surface area is 162 Å². The second kappa shape index (κ2) is 8.14. The van der Waals surface area contributed by atoms with Crippen LogP contribution in [-0.4, -0.2) is 34.2 Å². The van der Waals surface area contributed by atoms with Crippen molar-refractivity contribution >= 4 is 22.9 Å². The molecule has 0 saturated heterocycles. The Balaban J connectivity index is 1.73. The summed E-state index contributed by atoms with van der Waals surface area (Å²) >= 11 is 0. The van der Waals surface area contributed by atoms with Gasteiger partial charge < -0.3 is 26.5 Å². The Morgan fingerprint density at radius 1 is 1.14 bits per heavy atom. The van der Waals surface area contributed by atoms with E-state index in [4.69, 9.17) is 5.73 Å². The summed E-state index contributed by atoms with van der Waals surface area (Å²) in [7, 11) is 0. The number of carbonyl (C=O) groups is 2. The number of aromatic amines is 1. The maximum absolute atomic E-state index is 12.8. The average molecular weight is 380 g/mol. The van der Waals surface area contributed by atoms with E-state index in [9.17, 15) is 14.7 Å². The third kappa shape index (κ3) is 4.50. The summed E-state index contributed by atoms with van der Waals surface area (Å²) in [5.74, 6) is -0.431. The van der Waals surface area contributed by atoms with Gasteiger partial charge in [-0.3, -0.25) is 4.79 Å². The third-order valence-corrected chi connectivity index (χ3v) is 4.72. The van der Waals surface area contributed by atoms with E-state index in [1.807, 2.05) is 60.7 Å². The van der Waals surface area contributed by atoms with Crippen LogP contribution in [0.2, 0.25) is 0 Å². The maximum atomic E-state index is 12.8. The molecule has 28 heavy (non-hydrogen) atoms. The lowest BCUT2D eigenvalue weighted by molar-refractivity contribution is -0.126. The molecule has 7 nitrogen and oxygen atoms in total. The molecule has 0 aliphatic heterocycles. The summed E-state index contributed by atoms with van der Waals surface area (Å²) < 4.78 is 0. The van der Waals surface area contributed by atoms with Gasteiger partial charge in [0.2, 0.25) is 5.91 Å². The molecule has 2 atom stereocenters. The largest absolute Gasteiger partial charge is 0.465 e. The van der Waals surface area contributed by atoms with Crippen LogP contribution in [0.1, 0.15) is 24.2 Å². The summed E-state index contributed by atoms with van der Waals surface area (Å²) in [5.41, 5.74) is 7.38. The highest BCUT2D eigenvalue weighted by molar-refractivity contribution is 5.90. The van der Waals surface area contributed by atoms with Gasteiger partial charge in [0.05, 0.1) is 0 Å². The SMILES string of the molecule is CC(Cc1cc2ccccc2[nH]1)(NC(=O)O)C(=O)NCC(N)c1ccccc1. The molecule has 0 radical (unpaired) electrons. The number of H-pyrrole nitrogens is 1. The zero-order chi connectivity index (χ0) is 20.1. The minimum atomic E-state index is -1.34. The number of para-hydroxylation sites is 1. The van der Waals surface area contributed by atoms with E-state index in [1.54, 1.807) is 6.92 Å². The molecule has 146 valence electrons. The summed E-state index contributed by atoms with van der Waals surface area (Å²) in [6.07, 6.45) is -1.08. The second-order valence-electron chi connectivity index (χ2n) is 7.05. The second-order valence-corrected chi connectivity index (χ2v) is 7.05. The topological polar surface area (TPSA) is 120 Å². The fraction of sp³-hybridized carbons (Fsp3) is 0.238. The molecule has 1 heterocycles. The fourth-order valence-corrected chi connectivity index (χ4v) is 3.24. The number of hydrogen-bond donors (Lipinski definition) is 5. The van der Waals surface area contributed by atoms with Crippen molar-refractivity contribution < 1.29 is 14.7 Å². The zero-order valence-corrected chi connectivity index (χ0v) is 15.6. The highest BCUT2D eigenvalue weighted by Crippen LogP contribution is 2.20. The number of rotatable bonds is 7. The smallest absolute Gasteiger partial charge is 0.405 e. The van der Waals surface area contributed by atoms with Crippen molar-refractivity contribution in [3.8, 4) is 0 Å². The molecule has 2 unspecified atom stereocenters. The summed E-state index contributed by atoms with van der Waals surface area (Å²) in [6, 6.07) is 18.7. The van der Waals surface area contributed by atoms with E-state index in [1.165, 1.54) is 0 Å². The van der Waals surface area contributed by atoms with Crippen LogP contribution in [0.4, 0.5) is 4.79 Å². The van der Waals surface area contributed by atoms with Gasteiger partial charge in [0.1, 0.15) is 5.54 Å². The minimum absolute atomic E-state index is 0.181. The van der Waals surface area contributed by atoms with Crippen molar-refractivity contribution in [1.82, 2.24) is 15.6 Å². The number of aromatic nitrogens is 1. The van der Waals surface area contributed by atoms with Crippen molar-refractivity contribution in [2.45, 2.75) is 24.9 Å². The van der Waals surface area contributed by atoms with Gasteiger partial charge in [-0.15, -0.1) is 0 Å². The number of nitrogens with two attached hydrogens (primary N) is 1. The lowest BCUT2D eigenvalue weighted by Gasteiger charge is -2.28. The highest BCUT2D eigenvalue weighted by Gasteiger charge is 2.36. The van der Waals surface area contributed by atoms with E-state index >= 15 is 0 Å². The average Bonchev–Trinajstić information content (AvgIpc) is 3.07. The first-order valence-corrected chi connectivity index (χ1v) is 9.04. The Morgan fingerprint density at radius 2 is 1.82 bits per heavy atom. The fourth-order valence-electron chi connectivity index (χ4n) is 3.24. The number of benzene rings is 2. The highest BCUT2D eigenvalue weighted by atomic mass is 16.4. The maximum Gasteiger partial charge on any atom is 0.405 e. The standard InChI is InChI=1S/C21H24N4O3/c1-21(25-20(27)28,12-16-11-15-9-5-6-10-18(15)24-16)19(26)23-13-17(22)14-7-3-2-4-8-14/h2-11,17,24-25H,12-13,22H2,1H3,(H,23,26)(H,27,28). The molecule has 2 aromatic carbocycles. The van der Waals surface area contributed by atoms with E-state index in [2.05, 4.69) is 15.6 Å². The van der Waals surface area contributed by atoms with E-state index in [0.717, 1.165) is 22.2 Å². The first-order chi connectivity index (χ1) is 13.4. The lowest BCUT2D eigenvalue weighted by atomic mass is 9.94. The molecule has 1 aromatic heterocycles. The van der Waals surface area contributed by atoms with Gasteiger partial charge in [0.25, 0.3) is 0 Å². The first kappa shape index (κ1) is 19.4.